The minimum atomic E-state index is -3.65. The van der Waals surface area contributed by atoms with Crippen molar-refractivity contribution in [2.45, 2.75) is 43.7 Å². The number of rotatable bonds is 4. The number of nitrogens with one attached hydrogen (secondary N) is 2. The first-order valence-electron chi connectivity index (χ1n) is 6.78. The van der Waals surface area contributed by atoms with Crippen LogP contribution in [0.1, 0.15) is 43.2 Å². The Labute approximate surface area is 119 Å². The summed E-state index contributed by atoms with van der Waals surface area (Å²) in [6.45, 7) is 2.11. The Morgan fingerprint density at radius 3 is 2.65 bits per heavy atom. The SMILES string of the molecule is CNS(=O)(=O)c1ccc(C(=O)NC2CCCCC2C)o1. The fourth-order valence-corrected chi connectivity index (χ4v) is 3.11. The minimum absolute atomic E-state index is 0.0246. The van der Waals surface area contributed by atoms with Crippen molar-refractivity contribution in [2.24, 2.45) is 5.92 Å². The summed E-state index contributed by atoms with van der Waals surface area (Å²) in [5.41, 5.74) is 0. The quantitative estimate of drug-likeness (QED) is 0.882. The summed E-state index contributed by atoms with van der Waals surface area (Å²) in [7, 11) is -2.36. The maximum absolute atomic E-state index is 12.1. The van der Waals surface area contributed by atoms with Gasteiger partial charge in [-0.15, -0.1) is 0 Å². The average Bonchev–Trinajstić information content (AvgIpc) is 2.92. The van der Waals surface area contributed by atoms with Crippen LogP contribution in [0.3, 0.4) is 0 Å². The van der Waals surface area contributed by atoms with Crippen LogP contribution in [0.2, 0.25) is 0 Å². The van der Waals surface area contributed by atoms with E-state index in [2.05, 4.69) is 17.0 Å². The van der Waals surface area contributed by atoms with Crippen molar-refractivity contribution >= 4 is 15.9 Å². The maximum atomic E-state index is 12.1. The van der Waals surface area contributed by atoms with Gasteiger partial charge in [0, 0.05) is 6.04 Å². The molecule has 1 fully saturated rings. The number of carbonyl (C=O) groups is 1. The first-order valence-corrected chi connectivity index (χ1v) is 8.26. The number of furan rings is 1. The number of carbonyl (C=O) groups excluding carboxylic acids is 1. The van der Waals surface area contributed by atoms with Gasteiger partial charge in [-0.2, -0.15) is 0 Å². The van der Waals surface area contributed by atoms with E-state index in [9.17, 15) is 13.2 Å². The zero-order valence-corrected chi connectivity index (χ0v) is 12.5. The van der Waals surface area contributed by atoms with Gasteiger partial charge in [-0.05, 0) is 37.9 Å². The van der Waals surface area contributed by atoms with Crippen molar-refractivity contribution in [3.63, 3.8) is 0 Å². The molecule has 1 aliphatic carbocycles. The van der Waals surface area contributed by atoms with E-state index in [-0.39, 0.29) is 22.8 Å². The monoisotopic (exact) mass is 300 g/mol. The van der Waals surface area contributed by atoms with Crippen LogP contribution in [0.5, 0.6) is 0 Å². The van der Waals surface area contributed by atoms with Gasteiger partial charge >= 0.3 is 0 Å². The molecule has 0 aliphatic heterocycles. The minimum Gasteiger partial charge on any atom is -0.438 e. The van der Waals surface area contributed by atoms with Gasteiger partial charge < -0.3 is 9.73 Å². The van der Waals surface area contributed by atoms with Crippen LogP contribution < -0.4 is 10.0 Å². The molecule has 1 saturated carbocycles. The second-order valence-electron chi connectivity index (χ2n) is 5.17. The summed E-state index contributed by atoms with van der Waals surface area (Å²) in [6.07, 6.45) is 4.35. The standard InChI is InChI=1S/C13H20N2O4S/c1-9-5-3-4-6-10(9)15-13(16)11-7-8-12(19-11)20(17,18)14-2/h7-10,14H,3-6H2,1-2H3,(H,15,16). The molecule has 2 rings (SSSR count). The molecule has 7 heteroatoms. The highest BCUT2D eigenvalue weighted by Gasteiger charge is 2.25. The topological polar surface area (TPSA) is 88.4 Å². The first-order chi connectivity index (χ1) is 9.44. The fraction of sp³-hybridized carbons (Fsp3) is 0.615. The van der Waals surface area contributed by atoms with Crippen LogP contribution in [0.15, 0.2) is 21.6 Å². The van der Waals surface area contributed by atoms with Crippen LogP contribution in [0.25, 0.3) is 0 Å². The van der Waals surface area contributed by atoms with Gasteiger partial charge in [-0.1, -0.05) is 19.8 Å². The lowest BCUT2D eigenvalue weighted by atomic mass is 9.86. The van der Waals surface area contributed by atoms with Crippen LogP contribution in [-0.4, -0.2) is 27.4 Å². The molecule has 1 heterocycles. The van der Waals surface area contributed by atoms with E-state index >= 15 is 0 Å². The summed E-state index contributed by atoms with van der Waals surface area (Å²) in [4.78, 5) is 12.1. The van der Waals surface area contributed by atoms with Crippen molar-refractivity contribution in [1.29, 1.82) is 0 Å². The van der Waals surface area contributed by atoms with Gasteiger partial charge in [0.15, 0.2) is 5.76 Å². The zero-order chi connectivity index (χ0) is 14.8. The van der Waals surface area contributed by atoms with Crippen LogP contribution in [0.4, 0.5) is 0 Å². The second kappa shape index (κ2) is 5.97. The summed E-state index contributed by atoms with van der Waals surface area (Å²) in [5.74, 6) is 0.0982. The molecule has 2 atom stereocenters. The van der Waals surface area contributed by atoms with Crippen molar-refractivity contribution in [2.75, 3.05) is 7.05 Å². The molecule has 20 heavy (non-hydrogen) atoms. The van der Waals surface area contributed by atoms with Gasteiger partial charge in [-0.25, -0.2) is 13.1 Å². The predicted octanol–water partition coefficient (Wildman–Crippen LogP) is 1.50. The Morgan fingerprint density at radius 1 is 1.30 bits per heavy atom. The Bertz CT molecular complexity index is 579. The molecule has 1 amide bonds. The van der Waals surface area contributed by atoms with Gasteiger partial charge in [0.2, 0.25) is 5.09 Å². The van der Waals surface area contributed by atoms with Crippen LogP contribution in [0, 0.1) is 5.92 Å². The number of sulfonamides is 1. The average molecular weight is 300 g/mol. The summed E-state index contributed by atoms with van der Waals surface area (Å²) < 4.78 is 30.3. The Hall–Kier alpha value is -1.34. The predicted molar refractivity (Wildman–Crippen MR) is 73.8 cm³/mol. The molecule has 112 valence electrons. The van der Waals surface area contributed by atoms with E-state index in [0.717, 1.165) is 19.3 Å². The number of hydrogen-bond acceptors (Lipinski definition) is 4. The lowest BCUT2D eigenvalue weighted by Crippen LogP contribution is -2.40. The van der Waals surface area contributed by atoms with Gasteiger partial charge in [0.25, 0.3) is 15.9 Å². The molecule has 1 aliphatic rings. The molecule has 0 radical (unpaired) electrons. The normalized spacial score (nSPS) is 23.5. The molecule has 2 N–H and O–H groups in total. The summed E-state index contributed by atoms with van der Waals surface area (Å²) in [5, 5.41) is 2.67. The molecule has 0 saturated heterocycles. The van der Waals surface area contributed by atoms with E-state index in [1.807, 2.05) is 0 Å². The van der Waals surface area contributed by atoms with E-state index in [1.54, 1.807) is 0 Å². The third-order valence-corrected chi connectivity index (χ3v) is 5.05. The van der Waals surface area contributed by atoms with Crippen molar-refractivity contribution in [3.8, 4) is 0 Å². The molecule has 0 bridgehead atoms. The third-order valence-electron chi connectivity index (χ3n) is 3.77. The van der Waals surface area contributed by atoms with Gasteiger partial charge in [-0.3, -0.25) is 4.79 Å². The molecule has 0 spiro atoms. The molecule has 2 unspecified atom stereocenters. The smallest absolute Gasteiger partial charge is 0.287 e. The Morgan fingerprint density at radius 2 is 2.00 bits per heavy atom. The van der Waals surface area contributed by atoms with E-state index in [0.29, 0.717) is 5.92 Å². The Kier molecular flexibility index (Phi) is 4.49. The molecule has 1 aromatic rings. The largest absolute Gasteiger partial charge is 0.438 e. The summed E-state index contributed by atoms with van der Waals surface area (Å²) >= 11 is 0. The van der Waals surface area contributed by atoms with E-state index < -0.39 is 10.0 Å². The number of hydrogen-bond donors (Lipinski definition) is 2. The zero-order valence-electron chi connectivity index (χ0n) is 11.7. The molecule has 0 aromatic carbocycles. The fourth-order valence-electron chi connectivity index (χ4n) is 2.46. The lowest BCUT2D eigenvalue weighted by molar-refractivity contribution is 0.0876. The highest BCUT2D eigenvalue weighted by Crippen LogP contribution is 2.24. The highest BCUT2D eigenvalue weighted by molar-refractivity contribution is 7.89. The van der Waals surface area contributed by atoms with Crippen molar-refractivity contribution in [1.82, 2.24) is 10.0 Å². The van der Waals surface area contributed by atoms with Crippen LogP contribution in [-0.2, 0) is 10.0 Å². The maximum Gasteiger partial charge on any atom is 0.287 e. The molecular formula is C13H20N2O4S. The van der Waals surface area contributed by atoms with Crippen molar-refractivity contribution < 1.29 is 17.6 Å². The molecular weight excluding hydrogens is 280 g/mol. The molecule has 1 aromatic heterocycles. The van der Waals surface area contributed by atoms with Gasteiger partial charge in [0.05, 0.1) is 0 Å². The van der Waals surface area contributed by atoms with Gasteiger partial charge in [0.1, 0.15) is 0 Å². The number of amides is 1. The molecule has 6 nitrogen and oxygen atoms in total. The summed E-state index contributed by atoms with van der Waals surface area (Å²) in [6, 6.07) is 2.80. The highest BCUT2D eigenvalue weighted by atomic mass is 32.2. The van der Waals surface area contributed by atoms with Crippen LogP contribution >= 0.6 is 0 Å². The first kappa shape index (κ1) is 15.1. The lowest BCUT2D eigenvalue weighted by Gasteiger charge is -2.29. The van der Waals surface area contributed by atoms with E-state index in [4.69, 9.17) is 4.42 Å². The third kappa shape index (κ3) is 3.21. The Balaban J connectivity index is 2.06. The van der Waals surface area contributed by atoms with E-state index in [1.165, 1.54) is 25.6 Å². The van der Waals surface area contributed by atoms with Crippen molar-refractivity contribution in [3.05, 3.63) is 17.9 Å². The second-order valence-corrected chi connectivity index (χ2v) is 6.99.